The molecule has 0 N–H and O–H groups in total. The summed E-state index contributed by atoms with van der Waals surface area (Å²) in [5, 5.41) is 8.32. The fourth-order valence-electron chi connectivity index (χ4n) is 4.18. The van der Waals surface area contributed by atoms with Gasteiger partial charge >= 0.3 is 0 Å². The van der Waals surface area contributed by atoms with Crippen molar-refractivity contribution in [2.24, 2.45) is 0 Å². The summed E-state index contributed by atoms with van der Waals surface area (Å²) < 4.78 is 2.52. The van der Waals surface area contributed by atoms with Crippen molar-refractivity contribution in [2.45, 2.75) is 0 Å². The second-order valence-corrected chi connectivity index (χ2v) is 8.58. The van der Waals surface area contributed by atoms with Gasteiger partial charge in [0.2, 0.25) is 0 Å². The van der Waals surface area contributed by atoms with E-state index in [-0.39, 0.29) is 0 Å². The van der Waals surface area contributed by atoms with Gasteiger partial charge in [0, 0.05) is 25.7 Å². The van der Waals surface area contributed by atoms with Crippen molar-refractivity contribution in [1.82, 2.24) is 0 Å². The molecule has 6 rings (SSSR count). The molecule has 0 bridgehead atoms. The summed E-state index contributed by atoms with van der Waals surface area (Å²) in [6.45, 7) is 0. The average molecular weight is 395 g/mol. The van der Waals surface area contributed by atoms with Gasteiger partial charge in [-0.2, -0.15) is 0 Å². The zero-order chi connectivity index (χ0) is 18.7. The van der Waals surface area contributed by atoms with E-state index in [0.717, 1.165) is 16.1 Å². The molecule has 0 amide bonds. The number of fused-ring (bicyclic) bond motifs is 6. The largest absolute Gasteiger partial charge is 0.135 e. The Hall–Kier alpha value is -2.87. The quantitative estimate of drug-likeness (QED) is 0.245. The van der Waals surface area contributed by atoms with Crippen molar-refractivity contribution in [3.05, 3.63) is 96.0 Å². The molecule has 0 fully saturated rings. The molecule has 0 saturated carbocycles. The molecule has 132 valence electrons. The average Bonchev–Trinajstić information content (AvgIpc) is 3.13. The summed E-state index contributed by atoms with van der Waals surface area (Å²) in [4.78, 5) is 0. The number of hydrogen-bond donors (Lipinski definition) is 0. The van der Waals surface area contributed by atoms with Crippen LogP contribution in [-0.4, -0.2) is 0 Å². The summed E-state index contributed by atoms with van der Waals surface area (Å²) in [6.07, 6.45) is 0. The minimum atomic E-state index is 0.843. The standard InChI is InChI=1S/C26H15ClS/c27-26-21(13-14-24-25(26)22-7-3-4-8-23(22)28-24)18-11-12-20-17(15-18)10-9-16-5-1-2-6-19(16)20/h1-15H. The van der Waals surface area contributed by atoms with Crippen molar-refractivity contribution in [2.75, 3.05) is 0 Å². The number of halogens is 1. The van der Waals surface area contributed by atoms with Crippen LogP contribution in [0.25, 0.3) is 52.8 Å². The van der Waals surface area contributed by atoms with E-state index in [1.807, 2.05) is 0 Å². The minimum absolute atomic E-state index is 0.843. The molecule has 0 spiro atoms. The van der Waals surface area contributed by atoms with E-state index in [4.69, 9.17) is 11.6 Å². The van der Waals surface area contributed by atoms with E-state index in [1.54, 1.807) is 11.3 Å². The van der Waals surface area contributed by atoms with Crippen LogP contribution in [0.1, 0.15) is 0 Å². The van der Waals surface area contributed by atoms with Crippen LogP contribution in [0.4, 0.5) is 0 Å². The molecule has 1 aromatic heterocycles. The van der Waals surface area contributed by atoms with Crippen LogP contribution < -0.4 is 0 Å². The van der Waals surface area contributed by atoms with Crippen LogP contribution in [0.3, 0.4) is 0 Å². The molecule has 0 saturated heterocycles. The van der Waals surface area contributed by atoms with Crippen molar-refractivity contribution in [3.8, 4) is 11.1 Å². The lowest BCUT2D eigenvalue weighted by atomic mass is 9.96. The van der Waals surface area contributed by atoms with Gasteiger partial charge < -0.3 is 0 Å². The Morgan fingerprint density at radius 1 is 0.571 bits per heavy atom. The van der Waals surface area contributed by atoms with Gasteiger partial charge in [0.1, 0.15) is 0 Å². The molecule has 0 nitrogen and oxygen atoms in total. The normalized spacial score (nSPS) is 11.8. The first kappa shape index (κ1) is 16.1. The molecule has 0 aliphatic rings. The Balaban J connectivity index is 1.62. The van der Waals surface area contributed by atoms with Gasteiger partial charge in [-0.3, -0.25) is 0 Å². The third-order valence-electron chi connectivity index (χ3n) is 5.54. The number of rotatable bonds is 1. The van der Waals surface area contributed by atoms with E-state index in [2.05, 4.69) is 91.0 Å². The summed E-state index contributed by atoms with van der Waals surface area (Å²) in [5.74, 6) is 0. The van der Waals surface area contributed by atoms with E-state index < -0.39 is 0 Å². The fourth-order valence-corrected chi connectivity index (χ4v) is 5.72. The number of benzene rings is 5. The SMILES string of the molecule is Clc1c(-c2ccc3c(ccc4ccccc43)c2)ccc2sc3ccccc3c12. The smallest absolute Gasteiger partial charge is 0.0577 e. The lowest BCUT2D eigenvalue weighted by Gasteiger charge is -2.09. The topological polar surface area (TPSA) is 0 Å². The maximum atomic E-state index is 6.95. The van der Waals surface area contributed by atoms with Gasteiger partial charge in [-0.05, 0) is 45.3 Å². The first-order chi connectivity index (χ1) is 13.8. The predicted octanol–water partition coefficient (Wildman–Crippen LogP) is 8.68. The van der Waals surface area contributed by atoms with Crippen LogP contribution in [0.2, 0.25) is 5.02 Å². The second-order valence-electron chi connectivity index (χ2n) is 7.12. The summed E-state index contributed by atoms with van der Waals surface area (Å²) in [7, 11) is 0. The Labute approximate surface area is 171 Å². The van der Waals surface area contributed by atoms with Crippen molar-refractivity contribution < 1.29 is 0 Å². The Bertz CT molecular complexity index is 1520. The highest BCUT2D eigenvalue weighted by molar-refractivity contribution is 7.26. The molecular weight excluding hydrogens is 380 g/mol. The molecular formula is C26H15ClS. The zero-order valence-electron chi connectivity index (χ0n) is 14.9. The Kier molecular flexibility index (Phi) is 3.49. The Morgan fingerprint density at radius 3 is 2.25 bits per heavy atom. The maximum absolute atomic E-state index is 6.95. The molecule has 0 aliphatic carbocycles. The maximum Gasteiger partial charge on any atom is 0.0577 e. The number of thiophene rings is 1. The minimum Gasteiger partial charge on any atom is -0.135 e. The van der Waals surface area contributed by atoms with Crippen molar-refractivity contribution >= 4 is 64.7 Å². The Morgan fingerprint density at radius 2 is 1.32 bits per heavy atom. The van der Waals surface area contributed by atoms with E-state index >= 15 is 0 Å². The van der Waals surface area contributed by atoms with Gasteiger partial charge in [0.25, 0.3) is 0 Å². The number of hydrogen-bond acceptors (Lipinski definition) is 1. The van der Waals surface area contributed by atoms with Gasteiger partial charge in [-0.15, -0.1) is 11.3 Å². The van der Waals surface area contributed by atoms with Crippen LogP contribution in [0, 0.1) is 0 Å². The van der Waals surface area contributed by atoms with Crippen LogP contribution in [-0.2, 0) is 0 Å². The second kappa shape index (κ2) is 6.07. The summed E-state index contributed by atoms with van der Waals surface area (Å²) in [5.41, 5.74) is 2.25. The zero-order valence-corrected chi connectivity index (χ0v) is 16.5. The van der Waals surface area contributed by atoms with Gasteiger partial charge in [0.05, 0.1) is 5.02 Å². The first-order valence-corrected chi connectivity index (χ1v) is 10.5. The fraction of sp³-hybridized carbons (Fsp3) is 0. The molecule has 0 aliphatic heterocycles. The van der Waals surface area contributed by atoms with Gasteiger partial charge in [-0.1, -0.05) is 84.4 Å². The molecule has 0 atom stereocenters. The van der Waals surface area contributed by atoms with Crippen LogP contribution in [0.5, 0.6) is 0 Å². The monoisotopic (exact) mass is 394 g/mol. The molecule has 2 heteroatoms. The lowest BCUT2D eigenvalue weighted by Crippen LogP contribution is -1.83. The molecule has 0 unspecified atom stereocenters. The van der Waals surface area contributed by atoms with Gasteiger partial charge in [-0.25, -0.2) is 0 Å². The lowest BCUT2D eigenvalue weighted by molar-refractivity contribution is 1.70. The summed E-state index contributed by atoms with van der Waals surface area (Å²) in [6, 6.07) is 32.4. The highest BCUT2D eigenvalue weighted by Crippen LogP contribution is 2.43. The third-order valence-corrected chi connectivity index (χ3v) is 7.06. The van der Waals surface area contributed by atoms with E-state index in [0.29, 0.717) is 0 Å². The molecule has 6 aromatic rings. The van der Waals surface area contributed by atoms with E-state index in [1.165, 1.54) is 41.7 Å². The molecule has 0 radical (unpaired) electrons. The summed E-state index contributed by atoms with van der Waals surface area (Å²) >= 11 is 8.75. The molecule has 5 aromatic carbocycles. The van der Waals surface area contributed by atoms with Crippen molar-refractivity contribution in [1.29, 1.82) is 0 Å². The van der Waals surface area contributed by atoms with Crippen LogP contribution >= 0.6 is 22.9 Å². The van der Waals surface area contributed by atoms with Gasteiger partial charge in [0.15, 0.2) is 0 Å². The van der Waals surface area contributed by atoms with Crippen molar-refractivity contribution in [3.63, 3.8) is 0 Å². The highest BCUT2D eigenvalue weighted by atomic mass is 35.5. The highest BCUT2D eigenvalue weighted by Gasteiger charge is 2.13. The third kappa shape index (κ3) is 2.30. The first-order valence-electron chi connectivity index (χ1n) is 9.31. The molecule has 28 heavy (non-hydrogen) atoms. The van der Waals surface area contributed by atoms with E-state index in [9.17, 15) is 0 Å². The predicted molar refractivity (Wildman–Crippen MR) is 125 cm³/mol. The molecule has 1 heterocycles. The van der Waals surface area contributed by atoms with Crippen LogP contribution in [0.15, 0.2) is 91.0 Å².